The number of hydrogen-bond donors (Lipinski definition) is 2. The van der Waals surface area contributed by atoms with Crippen LogP contribution in [0, 0.1) is 0 Å². The molecule has 1 unspecified atom stereocenters. The molecular formula is C15H18BrN3O. The molecule has 1 aromatic heterocycles. The summed E-state index contributed by atoms with van der Waals surface area (Å²) in [6.07, 6.45) is 3.52. The van der Waals surface area contributed by atoms with Gasteiger partial charge in [0.15, 0.2) is 0 Å². The molecule has 1 heterocycles. The molecule has 0 aliphatic carbocycles. The smallest absolute Gasteiger partial charge is 0.212 e. The minimum atomic E-state index is 0.173. The Kier molecular flexibility index (Phi) is 5.52. The monoisotopic (exact) mass is 335 g/mol. The maximum atomic E-state index is 5.65. The largest absolute Gasteiger partial charge is 0.481 e. The van der Waals surface area contributed by atoms with Crippen LogP contribution in [0.25, 0.3) is 0 Å². The molecule has 2 aromatic rings. The van der Waals surface area contributed by atoms with Gasteiger partial charge in [-0.1, -0.05) is 34.1 Å². The summed E-state index contributed by atoms with van der Waals surface area (Å²) in [6, 6.07) is 12.3. The van der Waals surface area contributed by atoms with E-state index in [2.05, 4.69) is 38.5 Å². The van der Waals surface area contributed by atoms with Gasteiger partial charge >= 0.3 is 0 Å². The number of benzene rings is 1. The normalized spacial score (nSPS) is 12.2. The SMILES string of the molecule is COc1ccc(CC(Cc2ccc(Br)cc2)NN)cn1. The molecular weight excluding hydrogens is 318 g/mol. The molecule has 106 valence electrons. The molecule has 0 radical (unpaired) electrons. The molecule has 1 aromatic carbocycles. The van der Waals surface area contributed by atoms with Gasteiger partial charge in [0.25, 0.3) is 0 Å². The van der Waals surface area contributed by atoms with Crippen LogP contribution in [-0.2, 0) is 12.8 Å². The average Bonchev–Trinajstić information content (AvgIpc) is 2.49. The lowest BCUT2D eigenvalue weighted by Gasteiger charge is -2.16. The Balaban J connectivity index is 1.99. The zero-order valence-corrected chi connectivity index (χ0v) is 12.9. The van der Waals surface area contributed by atoms with Crippen LogP contribution in [0.5, 0.6) is 5.88 Å². The summed E-state index contributed by atoms with van der Waals surface area (Å²) in [7, 11) is 1.61. The predicted octanol–water partition coefficient (Wildman–Crippen LogP) is 2.47. The van der Waals surface area contributed by atoms with Gasteiger partial charge in [-0.2, -0.15) is 0 Å². The Labute approximate surface area is 127 Å². The second-order valence-electron chi connectivity index (χ2n) is 4.61. The first-order chi connectivity index (χ1) is 9.71. The Hall–Kier alpha value is -1.43. The van der Waals surface area contributed by atoms with Crippen molar-refractivity contribution in [3.63, 3.8) is 0 Å². The maximum Gasteiger partial charge on any atom is 0.212 e. The van der Waals surface area contributed by atoms with Gasteiger partial charge in [0.1, 0.15) is 0 Å². The molecule has 0 saturated heterocycles. The quantitative estimate of drug-likeness (QED) is 0.628. The van der Waals surface area contributed by atoms with E-state index in [9.17, 15) is 0 Å². The highest BCUT2D eigenvalue weighted by Crippen LogP contribution is 2.14. The Bertz CT molecular complexity index is 528. The summed E-state index contributed by atoms with van der Waals surface area (Å²) in [4.78, 5) is 4.21. The van der Waals surface area contributed by atoms with Gasteiger partial charge in [-0.05, 0) is 36.1 Å². The number of hydrogen-bond acceptors (Lipinski definition) is 4. The van der Waals surface area contributed by atoms with Crippen LogP contribution in [-0.4, -0.2) is 18.1 Å². The van der Waals surface area contributed by atoms with E-state index >= 15 is 0 Å². The Morgan fingerprint density at radius 2 is 1.80 bits per heavy atom. The summed E-state index contributed by atoms with van der Waals surface area (Å²) in [6.45, 7) is 0. The van der Waals surface area contributed by atoms with E-state index in [1.54, 1.807) is 7.11 Å². The summed E-state index contributed by atoms with van der Waals surface area (Å²) < 4.78 is 6.13. The summed E-state index contributed by atoms with van der Waals surface area (Å²) in [5, 5.41) is 0. The number of hydrazine groups is 1. The first-order valence-electron chi connectivity index (χ1n) is 6.40. The van der Waals surface area contributed by atoms with Gasteiger partial charge in [0, 0.05) is 22.8 Å². The van der Waals surface area contributed by atoms with Crippen molar-refractivity contribution in [1.82, 2.24) is 10.4 Å². The summed E-state index contributed by atoms with van der Waals surface area (Å²) in [5.41, 5.74) is 5.25. The van der Waals surface area contributed by atoms with Crippen LogP contribution in [0.15, 0.2) is 47.1 Å². The first-order valence-corrected chi connectivity index (χ1v) is 7.20. The van der Waals surface area contributed by atoms with Gasteiger partial charge in [-0.3, -0.25) is 11.3 Å². The molecule has 0 aliphatic heterocycles. The topological polar surface area (TPSA) is 60.2 Å². The zero-order valence-electron chi connectivity index (χ0n) is 11.3. The third-order valence-corrected chi connectivity index (χ3v) is 3.65. The second kappa shape index (κ2) is 7.38. The van der Waals surface area contributed by atoms with Crippen molar-refractivity contribution in [3.05, 3.63) is 58.2 Å². The van der Waals surface area contributed by atoms with Gasteiger partial charge in [0.05, 0.1) is 7.11 Å². The lowest BCUT2D eigenvalue weighted by Crippen LogP contribution is -2.38. The summed E-state index contributed by atoms with van der Waals surface area (Å²) >= 11 is 3.44. The van der Waals surface area contributed by atoms with Gasteiger partial charge < -0.3 is 4.74 Å². The minimum absolute atomic E-state index is 0.173. The zero-order chi connectivity index (χ0) is 14.4. The molecule has 5 heteroatoms. The Morgan fingerprint density at radius 1 is 1.15 bits per heavy atom. The number of halogens is 1. The number of nitrogens with zero attached hydrogens (tertiary/aromatic N) is 1. The van der Waals surface area contributed by atoms with Crippen molar-refractivity contribution in [2.75, 3.05) is 7.11 Å². The fraction of sp³-hybridized carbons (Fsp3) is 0.267. The minimum Gasteiger partial charge on any atom is -0.481 e. The van der Waals surface area contributed by atoms with E-state index in [0.717, 1.165) is 22.9 Å². The first kappa shape index (κ1) is 15.0. The third kappa shape index (κ3) is 4.30. The molecule has 0 amide bonds. The molecule has 20 heavy (non-hydrogen) atoms. The number of pyridine rings is 1. The van der Waals surface area contributed by atoms with Crippen molar-refractivity contribution >= 4 is 15.9 Å². The van der Waals surface area contributed by atoms with Crippen molar-refractivity contribution in [3.8, 4) is 5.88 Å². The van der Waals surface area contributed by atoms with Crippen molar-refractivity contribution < 1.29 is 4.74 Å². The van der Waals surface area contributed by atoms with Crippen LogP contribution < -0.4 is 16.0 Å². The molecule has 3 N–H and O–H groups in total. The number of methoxy groups -OCH3 is 1. The van der Waals surface area contributed by atoms with E-state index in [4.69, 9.17) is 10.6 Å². The molecule has 1 atom stereocenters. The Morgan fingerprint density at radius 3 is 2.35 bits per heavy atom. The molecule has 0 saturated carbocycles. The van der Waals surface area contributed by atoms with Crippen molar-refractivity contribution in [2.45, 2.75) is 18.9 Å². The average molecular weight is 336 g/mol. The number of rotatable bonds is 6. The molecule has 0 spiro atoms. The van der Waals surface area contributed by atoms with Crippen LogP contribution >= 0.6 is 15.9 Å². The van der Waals surface area contributed by atoms with Gasteiger partial charge in [0.2, 0.25) is 5.88 Å². The summed E-state index contributed by atoms with van der Waals surface area (Å²) in [5.74, 6) is 6.27. The lowest BCUT2D eigenvalue weighted by atomic mass is 10.0. The van der Waals surface area contributed by atoms with Crippen LogP contribution in [0.3, 0.4) is 0 Å². The number of nitrogens with two attached hydrogens (primary N) is 1. The standard InChI is InChI=1S/C15H18BrN3O/c1-20-15-7-4-12(10-18-15)9-14(19-17)8-11-2-5-13(16)6-3-11/h2-7,10,14,19H,8-9,17H2,1H3. The lowest BCUT2D eigenvalue weighted by molar-refractivity contribution is 0.397. The molecule has 2 rings (SSSR count). The molecule has 0 bridgehead atoms. The third-order valence-electron chi connectivity index (χ3n) is 3.12. The van der Waals surface area contributed by atoms with E-state index in [0.29, 0.717) is 5.88 Å². The van der Waals surface area contributed by atoms with Crippen LogP contribution in [0.2, 0.25) is 0 Å². The highest BCUT2D eigenvalue weighted by Gasteiger charge is 2.09. The van der Waals surface area contributed by atoms with Crippen molar-refractivity contribution in [1.29, 1.82) is 0 Å². The second-order valence-corrected chi connectivity index (χ2v) is 5.52. The number of aromatic nitrogens is 1. The number of nitrogens with one attached hydrogen (secondary N) is 1. The van der Waals surface area contributed by atoms with Crippen LogP contribution in [0.1, 0.15) is 11.1 Å². The molecule has 4 nitrogen and oxygen atoms in total. The van der Waals surface area contributed by atoms with Gasteiger partial charge in [-0.25, -0.2) is 4.98 Å². The fourth-order valence-electron chi connectivity index (χ4n) is 2.03. The van der Waals surface area contributed by atoms with E-state index in [-0.39, 0.29) is 6.04 Å². The fourth-order valence-corrected chi connectivity index (χ4v) is 2.30. The maximum absolute atomic E-state index is 5.65. The van der Waals surface area contributed by atoms with E-state index in [1.165, 1.54) is 5.56 Å². The van der Waals surface area contributed by atoms with Crippen molar-refractivity contribution in [2.24, 2.45) is 5.84 Å². The van der Waals surface area contributed by atoms with Gasteiger partial charge in [-0.15, -0.1) is 0 Å². The molecule has 0 fully saturated rings. The predicted molar refractivity (Wildman–Crippen MR) is 83.5 cm³/mol. The van der Waals surface area contributed by atoms with E-state index in [1.807, 2.05) is 30.5 Å². The van der Waals surface area contributed by atoms with E-state index < -0.39 is 0 Å². The number of ether oxygens (including phenoxy) is 1. The highest BCUT2D eigenvalue weighted by molar-refractivity contribution is 9.10. The van der Waals surface area contributed by atoms with Crippen LogP contribution in [0.4, 0.5) is 0 Å². The molecule has 0 aliphatic rings. The highest BCUT2D eigenvalue weighted by atomic mass is 79.9.